The Kier molecular flexibility index (Phi) is 5.79. The SMILES string of the molecule is CC1CN(c2ccc(S(=O)(=O)NC3CCCCCC3)cc2)CCN1. The van der Waals surface area contributed by atoms with E-state index in [0.29, 0.717) is 10.9 Å². The zero-order valence-corrected chi connectivity index (χ0v) is 15.3. The van der Waals surface area contributed by atoms with Gasteiger partial charge in [-0.25, -0.2) is 13.1 Å². The Morgan fingerprint density at radius 3 is 2.38 bits per heavy atom. The van der Waals surface area contributed by atoms with Crippen molar-refractivity contribution in [2.75, 3.05) is 24.5 Å². The molecule has 1 unspecified atom stereocenters. The molecule has 1 atom stereocenters. The number of nitrogens with one attached hydrogen (secondary N) is 2. The molecule has 2 N–H and O–H groups in total. The summed E-state index contributed by atoms with van der Waals surface area (Å²) in [6.45, 7) is 5.04. The van der Waals surface area contributed by atoms with Gasteiger partial charge in [0, 0.05) is 37.4 Å². The van der Waals surface area contributed by atoms with Gasteiger partial charge in [0.1, 0.15) is 0 Å². The third-order valence-corrected chi connectivity index (χ3v) is 6.59. The highest BCUT2D eigenvalue weighted by molar-refractivity contribution is 7.89. The van der Waals surface area contributed by atoms with E-state index in [9.17, 15) is 8.42 Å². The quantitative estimate of drug-likeness (QED) is 0.818. The molecule has 0 amide bonds. The summed E-state index contributed by atoms with van der Waals surface area (Å²) in [5.41, 5.74) is 1.09. The van der Waals surface area contributed by atoms with Crippen LogP contribution in [0.15, 0.2) is 29.2 Å². The van der Waals surface area contributed by atoms with E-state index in [1.165, 1.54) is 12.8 Å². The number of rotatable bonds is 4. The first kappa shape index (κ1) is 17.7. The van der Waals surface area contributed by atoms with Crippen molar-refractivity contribution in [2.24, 2.45) is 0 Å². The molecule has 1 heterocycles. The van der Waals surface area contributed by atoms with Gasteiger partial charge in [-0.3, -0.25) is 0 Å². The molecule has 5 nitrogen and oxygen atoms in total. The summed E-state index contributed by atoms with van der Waals surface area (Å²) in [4.78, 5) is 2.68. The van der Waals surface area contributed by atoms with Crippen LogP contribution in [0, 0.1) is 0 Å². The van der Waals surface area contributed by atoms with Crippen LogP contribution < -0.4 is 14.9 Å². The Morgan fingerprint density at radius 1 is 1.08 bits per heavy atom. The highest BCUT2D eigenvalue weighted by Gasteiger charge is 2.22. The van der Waals surface area contributed by atoms with Gasteiger partial charge in [0.2, 0.25) is 10.0 Å². The predicted molar refractivity (Wildman–Crippen MR) is 97.9 cm³/mol. The maximum absolute atomic E-state index is 12.6. The smallest absolute Gasteiger partial charge is 0.240 e. The van der Waals surface area contributed by atoms with Crippen molar-refractivity contribution in [3.8, 4) is 0 Å². The van der Waals surface area contributed by atoms with Crippen LogP contribution >= 0.6 is 0 Å². The number of piperazine rings is 1. The topological polar surface area (TPSA) is 61.4 Å². The molecule has 1 aliphatic carbocycles. The second-order valence-electron chi connectivity index (χ2n) is 7.10. The Morgan fingerprint density at radius 2 is 1.75 bits per heavy atom. The van der Waals surface area contributed by atoms with E-state index in [2.05, 4.69) is 21.9 Å². The van der Waals surface area contributed by atoms with Crippen molar-refractivity contribution in [1.82, 2.24) is 10.0 Å². The molecule has 0 radical (unpaired) electrons. The van der Waals surface area contributed by atoms with Crippen molar-refractivity contribution in [2.45, 2.75) is 62.4 Å². The van der Waals surface area contributed by atoms with E-state index < -0.39 is 10.0 Å². The van der Waals surface area contributed by atoms with Crippen LogP contribution in [0.5, 0.6) is 0 Å². The van der Waals surface area contributed by atoms with Gasteiger partial charge in [0.15, 0.2) is 0 Å². The predicted octanol–water partition coefficient (Wildman–Crippen LogP) is 2.49. The summed E-state index contributed by atoms with van der Waals surface area (Å²) in [5.74, 6) is 0. The van der Waals surface area contributed by atoms with Gasteiger partial charge in [-0.05, 0) is 44.0 Å². The average Bonchev–Trinajstić information content (AvgIpc) is 2.83. The van der Waals surface area contributed by atoms with Crippen LogP contribution in [0.3, 0.4) is 0 Å². The standard InChI is InChI=1S/C18H29N3O2S/c1-15-14-21(13-12-19-15)17-8-10-18(11-9-17)24(22,23)20-16-6-4-2-3-5-7-16/h8-11,15-16,19-20H,2-7,12-14H2,1H3. The molecular weight excluding hydrogens is 322 g/mol. The highest BCUT2D eigenvalue weighted by Crippen LogP contribution is 2.22. The molecule has 0 spiro atoms. The zero-order valence-electron chi connectivity index (χ0n) is 14.5. The second kappa shape index (κ2) is 7.85. The first-order valence-corrected chi connectivity index (χ1v) is 10.6. The number of nitrogens with zero attached hydrogens (tertiary/aromatic N) is 1. The van der Waals surface area contributed by atoms with Gasteiger partial charge in [-0.2, -0.15) is 0 Å². The van der Waals surface area contributed by atoms with Crippen LogP contribution in [-0.4, -0.2) is 40.1 Å². The van der Waals surface area contributed by atoms with Gasteiger partial charge < -0.3 is 10.2 Å². The Hall–Kier alpha value is -1.11. The van der Waals surface area contributed by atoms with E-state index in [1.54, 1.807) is 12.1 Å². The third kappa shape index (κ3) is 4.49. The molecule has 1 aliphatic heterocycles. The highest BCUT2D eigenvalue weighted by atomic mass is 32.2. The summed E-state index contributed by atoms with van der Waals surface area (Å²) in [6.07, 6.45) is 6.58. The molecule has 3 rings (SSSR count). The minimum Gasteiger partial charge on any atom is -0.369 e. The van der Waals surface area contributed by atoms with Gasteiger partial charge in [-0.15, -0.1) is 0 Å². The minimum absolute atomic E-state index is 0.0891. The van der Waals surface area contributed by atoms with Crippen molar-refractivity contribution >= 4 is 15.7 Å². The van der Waals surface area contributed by atoms with Crippen LogP contribution in [0.4, 0.5) is 5.69 Å². The number of hydrogen-bond donors (Lipinski definition) is 2. The molecule has 6 heteroatoms. The van der Waals surface area contributed by atoms with E-state index in [1.807, 2.05) is 12.1 Å². The van der Waals surface area contributed by atoms with Crippen LogP contribution in [0.2, 0.25) is 0 Å². The molecule has 0 aromatic heterocycles. The fourth-order valence-electron chi connectivity index (χ4n) is 3.69. The zero-order chi connectivity index (χ0) is 17.0. The van der Waals surface area contributed by atoms with Gasteiger partial charge in [-0.1, -0.05) is 25.7 Å². The Labute approximate surface area is 145 Å². The minimum atomic E-state index is -3.42. The molecule has 0 bridgehead atoms. The largest absolute Gasteiger partial charge is 0.369 e. The lowest BCUT2D eigenvalue weighted by Crippen LogP contribution is -2.49. The monoisotopic (exact) mass is 351 g/mol. The maximum atomic E-state index is 12.6. The van der Waals surface area contributed by atoms with E-state index in [0.717, 1.165) is 51.0 Å². The lowest BCUT2D eigenvalue weighted by molar-refractivity contribution is 0.484. The first-order valence-electron chi connectivity index (χ1n) is 9.15. The van der Waals surface area contributed by atoms with E-state index in [-0.39, 0.29) is 6.04 Å². The van der Waals surface area contributed by atoms with Crippen molar-refractivity contribution < 1.29 is 8.42 Å². The Bertz CT molecular complexity index is 622. The summed E-state index contributed by atoms with van der Waals surface area (Å²) < 4.78 is 28.1. The van der Waals surface area contributed by atoms with Crippen LogP contribution in [0.25, 0.3) is 0 Å². The summed E-state index contributed by atoms with van der Waals surface area (Å²) >= 11 is 0. The van der Waals surface area contributed by atoms with Crippen LogP contribution in [0.1, 0.15) is 45.4 Å². The molecule has 1 aromatic carbocycles. The fraction of sp³-hybridized carbons (Fsp3) is 0.667. The number of benzene rings is 1. The van der Waals surface area contributed by atoms with Gasteiger partial charge in [0.25, 0.3) is 0 Å². The van der Waals surface area contributed by atoms with E-state index >= 15 is 0 Å². The Balaban J connectivity index is 1.67. The molecule has 24 heavy (non-hydrogen) atoms. The van der Waals surface area contributed by atoms with E-state index in [4.69, 9.17) is 0 Å². The summed E-state index contributed by atoms with van der Waals surface area (Å²) in [6, 6.07) is 7.88. The molecule has 134 valence electrons. The second-order valence-corrected chi connectivity index (χ2v) is 8.82. The molecule has 2 aliphatic rings. The lowest BCUT2D eigenvalue weighted by atomic mass is 10.1. The maximum Gasteiger partial charge on any atom is 0.240 e. The van der Waals surface area contributed by atoms with Gasteiger partial charge in [0.05, 0.1) is 4.90 Å². The molecule has 2 fully saturated rings. The summed E-state index contributed by atoms with van der Waals surface area (Å²) in [7, 11) is -3.42. The first-order chi connectivity index (χ1) is 11.5. The number of anilines is 1. The molecular formula is C18H29N3O2S. The number of hydrogen-bond acceptors (Lipinski definition) is 4. The third-order valence-electron chi connectivity index (χ3n) is 5.06. The van der Waals surface area contributed by atoms with Crippen LogP contribution in [-0.2, 0) is 10.0 Å². The molecule has 1 saturated carbocycles. The lowest BCUT2D eigenvalue weighted by Gasteiger charge is -2.33. The average molecular weight is 352 g/mol. The van der Waals surface area contributed by atoms with Crippen molar-refractivity contribution in [3.63, 3.8) is 0 Å². The summed E-state index contributed by atoms with van der Waals surface area (Å²) in [5, 5.41) is 3.42. The van der Waals surface area contributed by atoms with Crippen molar-refractivity contribution in [3.05, 3.63) is 24.3 Å². The molecule has 1 saturated heterocycles. The van der Waals surface area contributed by atoms with Gasteiger partial charge >= 0.3 is 0 Å². The van der Waals surface area contributed by atoms with Crippen molar-refractivity contribution in [1.29, 1.82) is 0 Å². The normalized spacial score (nSPS) is 23.9. The molecule has 1 aromatic rings. The number of sulfonamides is 1. The fourth-order valence-corrected chi connectivity index (χ4v) is 4.99.